The third kappa shape index (κ3) is 3.50. The lowest BCUT2D eigenvalue weighted by Crippen LogP contribution is -2.01. The summed E-state index contributed by atoms with van der Waals surface area (Å²) in [5, 5.41) is 0. The molecule has 0 bridgehead atoms. The molecule has 0 N–H and O–H groups in total. The minimum absolute atomic E-state index is 0.202. The van der Waals surface area contributed by atoms with Crippen LogP contribution in [0, 0.1) is 6.92 Å². The molecule has 0 saturated carbocycles. The second-order valence-corrected chi connectivity index (χ2v) is 5.46. The second-order valence-electron chi connectivity index (χ2n) is 4.47. The lowest BCUT2D eigenvalue weighted by Gasteiger charge is -2.02. The Labute approximate surface area is 112 Å². The Hall–Kier alpha value is -1.48. The van der Waals surface area contributed by atoms with Crippen LogP contribution >= 0.6 is 11.8 Å². The molecule has 2 rings (SSSR count). The molecule has 1 aromatic heterocycles. The lowest BCUT2D eigenvalue weighted by atomic mass is 10.2. The number of nitrogens with zero attached hydrogens (tertiary/aromatic N) is 1. The topological polar surface area (TPSA) is 22.0 Å². The van der Waals surface area contributed by atoms with Gasteiger partial charge in [0.05, 0.1) is 5.75 Å². The third-order valence-electron chi connectivity index (χ3n) is 2.74. The predicted molar refractivity (Wildman–Crippen MR) is 77.1 cm³/mol. The Morgan fingerprint density at radius 2 is 2.17 bits per heavy atom. The van der Waals surface area contributed by atoms with E-state index in [2.05, 4.69) is 31.2 Å². The fourth-order valence-corrected chi connectivity index (χ4v) is 2.68. The summed E-state index contributed by atoms with van der Waals surface area (Å²) in [6.07, 6.45) is 3.77. The van der Waals surface area contributed by atoms with Crippen LogP contribution in [0.1, 0.15) is 21.5 Å². The van der Waals surface area contributed by atoms with Crippen LogP contribution in [0.15, 0.2) is 42.7 Å². The maximum atomic E-state index is 11.9. The minimum Gasteiger partial charge on any atom is -0.357 e. The molecule has 0 aliphatic carbocycles. The molecular weight excluding hydrogens is 242 g/mol. The molecule has 0 amide bonds. The van der Waals surface area contributed by atoms with Gasteiger partial charge in [0.15, 0.2) is 5.78 Å². The van der Waals surface area contributed by atoms with Crippen LogP contribution in [0.2, 0.25) is 0 Å². The Balaban J connectivity index is 1.84. The van der Waals surface area contributed by atoms with Crippen LogP contribution in [0.3, 0.4) is 0 Å². The number of aromatic nitrogens is 1. The Morgan fingerprint density at radius 1 is 1.33 bits per heavy atom. The Morgan fingerprint density at radius 3 is 2.83 bits per heavy atom. The van der Waals surface area contributed by atoms with Gasteiger partial charge in [0.2, 0.25) is 0 Å². The van der Waals surface area contributed by atoms with E-state index in [1.165, 1.54) is 11.1 Å². The van der Waals surface area contributed by atoms with Gasteiger partial charge in [0.25, 0.3) is 0 Å². The molecule has 0 saturated heterocycles. The standard InChI is InChI=1S/C15H17NOS/c1-12-4-3-5-13(8-12)10-18-11-15(17)14-6-7-16(2)9-14/h3-9H,10-11H2,1-2H3. The summed E-state index contributed by atoms with van der Waals surface area (Å²) in [6.45, 7) is 2.09. The van der Waals surface area contributed by atoms with Gasteiger partial charge < -0.3 is 4.57 Å². The number of carbonyl (C=O) groups is 1. The fourth-order valence-electron chi connectivity index (χ4n) is 1.82. The van der Waals surface area contributed by atoms with Gasteiger partial charge in [-0.25, -0.2) is 0 Å². The minimum atomic E-state index is 0.202. The average Bonchev–Trinajstić information content (AvgIpc) is 2.76. The molecule has 2 nitrogen and oxygen atoms in total. The summed E-state index contributed by atoms with van der Waals surface area (Å²) >= 11 is 1.67. The molecule has 0 unspecified atom stereocenters. The summed E-state index contributed by atoms with van der Waals surface area (Å²) < 4.78 is 1.90. The molecule has 0 aliphatic heterocycles. The zero-order valence-corrected chi connectivity index (χ0v) is 11.5. The van der Waals surface area contributed by atoms with Crippen LogP contribution in [-0.4, -0.2) is 16.1 Å². The normalized spacial score (nSPS) is 10.6. The maximum Gasteiger partial charge on any atom is 0.174 e. The second kappa shape index (κ2) is 5.91. The molecule has 2 aromatic rings. The number of carbonyl (C=O) groups excluding carboxylic acids is 1. The van der Waals surface area contributed by atoms with Gasteiger partial charge >= 0.3 is 0 Å². The van der Waals surface area contributed by atoms with Crippen molar-refractivity contribution in [1.82, 2.24) is 4.57 Å². The lowest BCUT2D eigenvalue weighted by molar-refractivity contribution is 0.102. The first-order chi connectivity index (χ1) is 8.65. The summed E-state index contributed by atoms with van der Waals surface area (Å²) in [7, 11) is 1.93. The molecule has 94 valence electrons. The van der Waals surface area contributed by atoms with Crippen molar-refractivity contribution in [3.63, 3.8) is 0 Å². The number of benzene rings is 1. The van der Waals surface area contributed by atoms with Crippen molar-refractivity contribution in [2.45, 2.75) is 12.7 Å². The van der Waals surface area contributed by atoms with Gasteiger partial charge in [-0.3, -0.25) is 4.79 Å². The average molecular weight is 259 g/mol. The number of thioether (sulfide) groups is 1. The molecule has 1 aromatic carbocycles. The van der Waals surface area contributed by atoms with Crippen molar-refractivity contribution < 1.29 is 4.79 Å². The monoisotopic (exact) mass is 259 g/mol. The van der Waals surface area contributed by atoms with Gasteiger partial charge in [-0.1, -0.05) is 29.8 Å². The van der Waals surface area contributed by atoms with Crippen molar-refractivity contribution in [1.29, 1.82) is 0 Å². The number of ketones is 1. The van der Waals surface area contributed by atoms with Crippen LogP contribution in [0.4, 0.5) is 0 Å². The summed E-state index contributed by atoms with van der Waals surface area (Å²) in [5.41, 5.74) is 3.34. The molecule has 0 aliphatic rings. The van der Waals surface area contributed by atoms with E-state index >= 15 is 0 Å². The zero-order chi connectivity index (χ0) is 13.0. The number of rotatable bonds is 5. The van der Waals surface area contributed by atoms with E-state index in [0.717, 1.165) is 11.3 Å². The van der Waals surface area contributed by atoms with Gasteiger partial charge in [0, 0.05) is 30.8 Å². The summed E-state index contributed by atoms with van der Waals surface area (Å²) in [4.78, 5) is 11.9. The van der Waals surface area contributed by atoms with Gasteiger partial charge in [-0.2, -0.15) is 0 Å². The van der Waals surface area contributed by atoms with E-state index in [0.29, 0.717) is 5.75 Å². The molecule has 3 heteroatoms. The highest BCUT2D eigenvalue weighted by Gasteiger charge is 2.06. The van der Waals surface area contributed by atoms with Crippen molar-refractivity contribution >= 4 is 17.5 Å². The number of Topliss-reactive ketones (excluding diaryl/α,β-unsaturated/α-hetero) is 1. The maximum absolute atomic E-state index is 11.9. The summed E-state index contributed by atoms with van der Waals surface area (Å²) in [5.74, 6) is 1.63. The van der Waals surface area contributed by atoms with Crippen LogP contribution < -0.4 is 0 Å². The quantitative estimate of drug-likeness (QED) is 0.767. The first kappa shape index (κ1) is 13.0. The van der Waals surface area contributed by atoms with Crippen LogP contribution in [-0.2, 0) is 12.8 Å². The largest absolute Gasteiger partial charge is 0.357 e. The van der Waals surface area contributed by atoms with E-state index in [1.807, 2.05) is 30.1 Å². The van der Waals surface area contributed by atoms with E-state index in [-0.39, 0.29) is 5.78 Å². The highest BCUT2D eigenvalue weighted by Crippen LogP contribution is 2.15. The van der Waals surface area contributed by atoms with E-state index < -0.39 is 0 Å². The van der Waals surface area contributed by atoms with Crippen molar-refractivity contribution in [2.24, 2.45) is 7.05 Å². The van der Waals surface area contributed by atoms with Crippen LogP contribution in [0.5, 0.6) is 0 Å². The van der Waals surface area contributed by atoms with Crippen LogP contribution in [0.25, 0.3) is 0 Å². The van der Waals surface area contributed by atoms with Gasteiger partial charge in [-0.05, 0) is 18.6 Å². The molecule has 0 radical (unpaired) electrons. The molecule has 0 spiro atoms. The molecule has 0 fully saturated rings. The fraction of sp³-hybridized carbons (Fsp3) is 0.267. The number of hydrogen-bond donors (Lipinski definition) is 0. The number of hydrogen-bond acceptors (Lipinski definition) is 2. The SMILES string of the molecule is Cc1cccc(CSCC(=O)c2ccn(C)c2)c1. The van der Waals surface area contributed by atoms with Crippen molar-refractivity contribution in [3.8, 4) is 0 Å². The third-order valence-corrected chi connectivity index (χ3v) is 3.74. The van der Waals surface area contributed by atoms with Gasteiger partial charge in [0.1, 0.15) is 0 Å². The Kier molecular flexibility index (Phi) is 4.26. The van der Waals surface area contributed by atoms with Crippen molar-refractivity contribution in [3.05, 3.63) is 59.4 Å². The summed E-state index contributed by atoms with van der Waals surface area (Å²) in [6, 6.07) is 10.3. The molecular formula is C15H17NOS. The highest BCUT2D eigenvalue weighted by atomic mass is 32.2. The van der Waals surface area contributed by atoms with E-state index in [1.54, 1.807) is 11.8 Å². The highest BCUT2D eigenvalue weighted by molar-refractivity contribution is 7.99. The van der Waals surface area contributed by atoms with E-state index in [9.17, 15) is 4.79 Å². The molecule has 18 heavy (non-hydrogen) atoms. The predicted octanol–water partition coefficient (Wildman–Crippen LogP) is 3.45. The van der Waals surface area contributed by atoms with Crippen molar-refractivity contribution in [2.75, 3.05) is 5.75 Å². The van der Waals surface area contributed by atoms with E-state index in [4.69, 9.17) is 0 Å². The number of aryl methyl sites for hydroxylation is 2. The first-order valence-electron chi connectivity index (χ1n) is 5.93. The zero-order valence-electron chi connectivity index (χ0n) is 10.7. The smallest absolute Gasteiger partial charge is 0.174 e. The first-order valence-corrected chi connectivity index (χ1v) is 7.09. The molecule has 0 atom stereocenters. The van der Waals surface area contributed by atoms with Gasteiger partial charge in [-0.15, -0.1) is 11.8 Å². The Bertz CT molecular complexity index is 545. The molecule has 1 heterocycles.